The molecule has 0 heterocycles. The minimum Gasteiger partial charge on any atom is -1.00 e. The molecular weight excluding hydrogens is 111 g/mol. The van der Waals surface area contributed by atoms with E-state index in [2.05, 4.69) is 0 Å². The van der Waals surface area contributed by atoms with Gasteiger partial charge in [0.2, 0.25) is 6.08 Å². The smallest absolute Gasteiger partial charge is 1.00 e. The molecule has 0 amide bonds. The van der Waals surface area contributed by atoms with E-state index in [1.165, 1.54) is 0 Å². The molecular formula is CH4NNa3O. The van der Waals surface area contributed by atoms with Gasteiger partial charge in [0.1, 0.15) is 0 Å². The third-order valence-electron chi connectivity index (χ3n) is 0. The van der Waals surface area contributed by atoms with Crippen LogP contribution in [0.3, 0.4) is 0 Å². The summed E-state index contributed by atoms with van der Waals surface area (Å²) in [6.07, 6.45) is 0.750. The maximum Gasteiger partial charge on any atom is 1.00 e. The van der Waals surface area contributed by atoms with Crippen molar-refractivity contribution in [2.45, 2.75) is 0 Å². The van der Waals surface area contributed by atoms with Crippen molar-refractivity contribution in [3.63, 3.8) is 0 Å². The molecule has 1 N–H and O–H groups in total. The molecule has 0 aromatic carbocycles. The molecule has 0 aromatic heterocycles. The van der Waals surface area contributed by atoms with Crippen LogP contribution in [0.4, 0.5) is 0 Å². The van der Waals surface area contributed by atoms with Gasteiger partial charge in [-0.25, -0.2) is 10.2 Å². The van der Waals surface area contributed by atoms with E-state index in [-0.39, 0.29) is 93.0 Å². The van der Waals surface area contributed by atoms with Gasteiger partial charge >= 0.3 is 88.7 Å². The molecule has 0 bridgehead atoms. The fraction of sp³-hybridized carbons (Fsp3) is 0. The van der Waals surface area contributed by atoms with Crippen LogP contribution in [-0.4, -0.2) is 6.08 Å². The molecule has 2 nitrogen and oxygen atoms in total. The van der Waals surface area contributed by atoms with Gasteiger partial charge < -0.3 is 4.28 Å². The predicted octanol–water partition coefficient (Wildman–Crippen LogP) is -8.75. The molecule has 0 fully saturated rings. The Morgan fingerprint density at radius 3 is 1.33 bits per heavy atom. The molecule has 0 rings (SSSR count). The van der Waals surface area contributed by atoms with Gasteiger partial charge in [-0.3, -0.25) is 0 Å². The van der Waals surface area contributed by atoms with Crippen molar-refractivity contribution in [3.05, 3.63) is 0 Å². The summed E-state index contributed by atoms with van der Waals surface area (Å²) in [4.78, 5) is 8.35. The van der Waals surface area contributed by atoms with Crippen LogP contribution in [0.1, 0.15) is 4.28 Å². The van der Waals surface area contributed by atoms with Crippen LogP contribution >= 0.6 is 0 Å². The third-order valence-corrected chi connectivity index (χ3v) is 0. The van der Waals surface area contributed by atoms with E-state index in [4.69, 9.17) is 10.2 Å². The van der Waals surface area contributed by atoms with Crippen LogP contribution in [-0.2, 0) is 4.79 Å². The molecule has 0 aromatic rings. The minimum atomic E-state index is 0. The van der Waals surface area contributed by atoms with Crippen LogP contribution in [0.2, 0.25) is 0 Å². The van der Waals surface area contributed by atoms with Gasteiger partial charge in [-0.05, 0) is 0 Å². The number of carbonyl (C=O) groups excluding carboxylic acids is 1. The average Bonchev–Trinajstić information content (AvgIpc) is 0.918. The minimum absolute atomic E-state index is 0. The monoisotopic (exact) mass is 115 g/mol. The average molecular weight is 115 g/mol. The zero-order chi connectivity index (χ0) is 2.71. The first-order chi connectivity index (χ1) is 1.41. The zero-order valence-electron chi connectivity index (χ0n) is 7.41. The van der Waals surface area contributed by atoms with E-state index in [0.717, 1.165) is 6.08 Å². The standard InChI is InChI=1S/CHNO.3Na.3H/c2-1-3;;;;;;/h2H;;;;;;/q;3*+1;3*-1. The summed E-state index contributed by atoms with van der Waals surface area (Å²) in [7, 11) is 0. The van der Waals surface area contributed by atoms with E-state index in [9.17, 15) is 0 Å². The number of hydrogen-bond acceptors (Lipinski definition) is 2. The second kappa shape index (κ2) is 26.3. The number of rotatable bonds is 0. The molecule has 0 radical (unpaired) electrons. The van der Waals surface area contributed by atoms with E-state index in [0.29, 0.717) is 0 Å². The molecule has 0 saturated carbocycles. The summed E-state index contributed by atoms with van der Waals surface area (Å²) in [5, 5.41) is 5.40. The van der Waals surface area contributed by atoms with Gasteiger partial charge in [-0.1, -0.05) is 0 Å². The van der Waals surface area contributed by atoms with Crippen LogP contribution in [0, 0.1) is 5.41 Å². The van der Waals surface area contributed by atoms with Gasteiger partial charge in [0.15, 0.2) is 0 Å². The first-order valence-electron chi connectivity index (χ1n) is 0.454. The Kier molecular flexibility index (Phi) is 104. The van der Waals surface area contributed by atoms with Crippen molar-refractivity contribution in [2.24, 2.45) is 0 Å². The Bertz CT molecular complexity index is 40.0. The van der Waals surface area contributed by atoms with E-state index >= 15 is 0 Å². The Balaban J connectivity index is -0.00000000133. The molecule has 0 aliphatic heterocycles. The summed E-state index contributed by atoms with van der Waals surface area (Å²) in [5.74, 6) is 0. The Morgan fingerprint density at radius 2 is 1.33 bits per heavy atom. The van der Waals surface area contributed by atoms with Gasteiger partial charge in [0, 0.05) is 0 Å². The van der Waals surface area contributed by atoms with Crippen molar-refractivity contribution >= 4 is 6.08 Å². The maximum absolute atomic E-state index is 8.35. The summed E-state index contributed by atoms with van der Waals surface area (Å²) in [5.41, 5.74) is 0. The van der Waals surface area contributed by atoms with Gasteiger partial charge in [-0.15, -0.1) is 0 Å². The van der Waals surface area contributed by atoms with Crippen LogP contribution in [0.5, 0.6) is 0 Å². The summed E-state index contributed by atoms with van der Waals surface area (Å²) in [6.45, 7) is 0. The molecule has 0 spiro atoms. The van der Waals surface area contributed by atoms with Crippen LogP contribution < -0.4 is 88.7 Å². The van der Waals surface area contributed by atoms with Crippen molar-refractivity contribution in [3.8, 4) is 0 Å². The van der Waals surface area contributed by atoms with Crippen molar-refractivity contribution in [1.29, 1.82) is 5.41 Å². The normalized spacial score (nSPS) is 1.33. The SMILES string of the molecule is N=C=O.[H-].[H-].[H-].[Na+].[Na+].[Na+]. The fourth-order valence-electron chi connectivity index (χ4n) is 0. The summed E-state index contributed by atoms with van der Waals surface area (Å²) in [6, 6.07) is 0. The Labute approximate surface area is 107 Å². The van der Waals surface area contributed by atoms with Crippen molar-refractivity contribution < 1.29 is 97.7 Å². The number of nitrogens with one attached hydrogen (secondary N) is 1. The predicted molar refractivity (Wildman–Crippen MR) is 11.7 cm³/mol. The topological polar surface area (TPSA) is 40.9 Å². The molecule has 0 aliphatic carbocycles. The Morgan fingerprint density at radius 1 is 1.33 bits per heavy atom. The summed E-state index contributed by atoms with van der Waals surface area (Å²) < 4.78 is 0. The van der Waals surface area contributed by atoms with Gasteiger partial charge in [-0.2, -0.15) is 0 Å². The molecule has 0 atom stereocenters. The second-order valence-corrected chi connectivity index (χ2v) is 0.102. The molecule has 0 aliphatic rings. The third kappa shape index (κ3) is 32.6. The fourth-order valence-corrected chi connectivity index (χ4v) is 0. The molecule has 0 saturated heterocycles. The first-order valence-corrected chi connectivity index (χ1v) is 0.454. The molecule has 22 valence electrons. The van der Waals surface area contributed by atoms with Gasteiger partial charge in [0.25, 0.3) is 0 Å². The molecule has 6 heavy (non-hydrogen) atoms. The Hall–Kier alpha value is 2.38. The second-order valence-electron chi connectivity index (χ2n) is 0.102. The largest absolute Gasteiger partial charge is 1.00 e. The molecule has 5 heteroatoms. The van der Waals surface area contributed by atoms with E-state index < -0.39 is 0 Å². The number of hydrogen-bond donors (Lipinski definition) is 1. The van der Waals surface area contributed by atoms with Crippen LogP contribution in [0.15, 0.2) is 0 Å². The van der Waals surface area contributed by atoms with Crippen molar-refractivity contribution in [2.75, 3.05) is 0 Å². The van der Waals surface area contributed by atoms with Crippen LogP contribution in [0.25, 0.3) is 0 Å². The van der Waals surface area contributed by atoms with E-state index in [1.54, 1.807) is 0 Å². The number of isocyanates is 1. The summed E-state index contributed by atoms with van der Waals surface area (Å²) >= 11 is 0. The van der Waals surface area contributed by atoms with Gasteiger partial charge in [0.05, 0.1) is 0 Å². The first kappa shape index (κ1) is 23.8. The van der Waals surface area contributed by atoms with E-state index in [1.807, 2.05) is 0 Å². The molecule has 0 unspecified atom stereocenters. The zero-order valence-corrected chi connectivity index (χ0v) is 10.4. The van der Waals surface area contributed by atoms with Crippen molar-refractivity contribution in [1.82, 2.24) is 0 Å². The quantitative estimate of drug-likeness (QED) is 0.190. The maximum atomic E-state index is 8.35.